The fourth-order valence-electron chi connectivity index (χ4n) is 3.22. The Balaban J connectivity index is 1.77. The Morgan fingerprint density at radius 1 is 1.28 bits per heavy atom. The number of hydrogen-bond donors (Lipinski definition) is 4. The minimum atomic E-state index is -0.0588. The summed E-state index contributed by atoms with van der Waals surface area (Å²) >= 11 is 0. The van der Waals surface area contributed by atoms with Crippen LogP contribution in [0.15, 0.2) is 42.5 Å². The molecule has 25 heavy (non-hydrogen) atoms. The van der Waals surface area contributed by atoms with Gasteiger partial charge in [0.05, 0.1) is 6.04 Å². The number of nitrogens with one attached hydrogen (secondary N) is 3. The summed E-state index contributed by atoms with van der Waals surface area (Å²) in [5, 5.41) is 13.8. The first-order valence-corrected chi connectivity index (χ1v) is 8.59. The van der Waals surface area contributed by atoms with E-state index in [1.165, 1.54) is 0 Å². The van der Waals surface area contributed by atoms with Crippen molar-refractivity contribution < 1.29 is 4.79 Å². The van der Waals surface area contributed by atoms with Gasteiger partial charge in [-0.1, -0.05) is 35.9 Å². The number of hydrogen-bond acceptors (Lipinski definition) is 3. The Labute approximate surface area is 148 Å². The van der Waals surface area contributed by atoms with E-state index in [2.05, 4.69) is 28.8 Å². The molecule has 3 rings (SSSR count). The molecule has 1 fully saturated rings. The number of benzene rings is 2. The highest BCUT2D eigenvalue weighted by Gasteiger charge is 2.21. The molecule has 1 aliphatic rings. The molecule has 1 atom stereocenters. The fourth-order valence-corrected chi connectivity index (χ4v) is 3.22. The molecular weight excluding hydrogens is 312 g/mol. The lowest BCUT2D eigenvalue weighted by molar-refractivity contribution is -0.122. The first-order chi connectivity index (χ1) is 12.0. The van der Waals surface area contributed by atoms with Gasteiger partial charge in [-0.3, -0.25) is 10.2 Å². The minimum absolute atomic E-state index is 0.0588. The predicted molar refractivity (Wildman–Crippen MR) is 101 cm³/mol. The maximum Gasteiger partial charge on any atom is 0.237 e. The number of nitrogens with two attached hydrogens (primary N) is 1. The molecule has 2 aromatic rings. The highest BCUT2D eigenvalue weighted by atomic mass is 16.2. The molecule has 1 heterocycles. The van der Waals surface area contributed by atoms with Crippen LogP contribution in [0.3, 0.4) is 0 Å². The molecule has 0 saturated carbocycles. The molecule has 5 heteroatoms. The molecule has 0 radical (unpaired) electrons. The maximum absolute atomic E-state index is 12.2. The molecule has 1 unspecified atom stereocenters. The molecule has 1 aliphatic heterocycles. The molecule has 2 aromatic carbocycles. The van der Waals surface area contributed by atoms with E-state index in [0.29, 0.717) is 12.1 Å². The zero-order chi connectivity index (χ0) is 17.8. The normalized spacial score (nSPS) is 16.6. The number of carbonyl (C=O) groups excluding carboxylic acids is 1. The van der Waals surface area contributed by atoms with E-state index in [-0.39, 0.29) is 17.8 Å². The van der Waals surface area contributed by atoms with Crippen molar-refractivity contribution in [3.8, 4) is 11.1 Å². The fraction of sp³-hybridized carbons (Fsp3) is 0.300. The number of amidine groups is 1. The van der Waals surface area contributed by atoms with Crippen LogP contribution in [0.25, 0.3) is 11.1 Å². The summed E-state index contributed by atoms with van der Waals surface area (Å²) in [5.41, 5.74) is 10.6. The van der Waals surface area contributed by atoms with Crippen LogP contribution in [0.2, 0.25) is 0 Å². The minimum Gasteiger partial charge on any atom is -0.384 e. The van der Waals surface area contributed by atoms with Crippen LogP contribution in [-0.2, 0) is 11.3 Å². The molecule has 5 nitrogen and oxygen atoms in total. The van der Waals surface area contributed by atoms with Gasteiger partial charge in [0.2, 0.25) is 5.91 Å². The lowest BCUT2D eigenvalue weighted by Crippen LogP contribution is -2.40. The summed E-state index contributed by atoms with van der Waals surface area (Å²) < 4.78 is 0. The molecule has 5 N–H and O–H groups in total. The van der Waals surface area contributed by atoms with Crippen LogP contribution in [0.1, 0.15) is 29.5 Å². The van der Waals surface area contributed by atoms with Crippen molar-refractivity contribution in [3.63, 3.8) is 0 Å². The molecule has 0 bridgehead atoms. The summed E-state index contributed by atoms with van der Waals surface area (Å²) in [6.07, 6.45) is 1.96. The van der Waals surface area contributed by atoms with Crippen LogP contribution in [-0.4, -0.2) is 24.3 Å². The van der Waals surface area contributed by atoms with Crippen LogP contribution >= 0.6 is 0 Å². The largest absolute Gasteiger partial charge is 0.384 e. The second-order valence-electron chi connectivity index (χ2n) is 6.57. The molecule has 1 amide bonds. The Hall–Kier alpha value is -2.66. The van der Waals surface area contributed by atoms with Crippen molar-refractivity contribution >= 4 is 11.7 Å². The van der Waals surface area contributed by atoms with Crippen molar-refractivity contribution in [2.45, 2.75) is 32.4 Å². The zero-order valence-electron chi connectivity index (χ0n) is 14.4. The molecule has 1 saturated heterocycles. The van der Waals surface area contributed by atoms with Crippen molar-refractivity contribution in [3.05, 3.63) is 59.2 Å². The van der Waals surface area contributed by atoms with Gasteiger partial charge in [0.1, 0.15) is 5.84 Å². The van der Waals surface area contributed by atoms with Gasteiger partial charge in [0.15, 0.2) is 0 Å². The SMILES string of the molecule is Cc1cc(CNC(=O)C2CCCN2)cc(-c2cccc(C(=N)N)c2)c1. The Morgan fingerprint density at radius 3 is 2.84 bits per heavy atom. The number of rotatable bonds is 5. The average molecular weight is 336 g/mol. The number of aryl methyl sites for hydroxylation is 1. The highest BCUT2D eigenvalue weighted by molar-refractivity contribution is 5.96. The molecule has 0 spiro atoms. The summed E-state index contributed by atoms with van der Waals surface area (Å²) in [7, 11) is 0. The third kappa shape index (κ3) is 4.25. The molecule has 0 aromatic heterocycles. The third-order valence-electron chi connectivity index (χ3n) is 4.49. The van der Waals surface area contributed by atoms with E-state index in [0.717, 1.165) is 41.6 Å². The van der Waals surface area contributed by atoms with Gasteiger partial charge >= 0.3 is 0 Å². The maximum atomic E-state index is 12.2. The number of amides is 1. The second kappa shape index (κ2) is 7.49. The van der Waals surface area contributed by atoms with Gasteiger partial charge in [0, 0.05) is 12.1 Å². The topological polar surface area (TPSA) is 91.0 Å². The van der Waals surface area contributed by atoms with Crippen molar-refractivity contribution in [1.82, 2.24) is 10.6 Å². The van der Waals surface area contributed by atoms with E-state index >= 15 is 0 Å². The summed E-state index contributed by atoms with van der Waals surface area (Å²) in [6.45, 7) is 3.47. The van der Waals surface area contributed by atoms with Crippen molar-refractivity contribution in [2.75, 3.05) is 6.54 Å². The van der Waals surface area contributed by atoms with Crippen LogP contribution < -0.4 is 16.4 Å². The quantitative estimate of drug-likeness (QED) is 0.499. The van der Waals surface area contributed by atoms with Crippen molar-refractivity contribution in [2.24, 2.45) is 5.73 Å². The summed E-state index contributed by atoms with van der Waals surface area (Å²) in [6, 6.07) is 13.9. The first-order valence-electron chi connectivity index (χ1n) is 8.59. The molecule has 130 valence electrons. The van der Waals surface area contributed by atoms with Crippen LogP contribution in [0.5, 0.6) is 0 Å². The van der Waals surface area contributed by atoms with E-state index < -0.39 is 0 Å². The van der Waals surface area contributed by atoms with Gasteiger partial charge in [-0.05, 0) is 55.1 Å². The molecule has 0 aliphatic carbocycles. The average Bonchev–Trinajstić information content (AvgIpc) is 3.14. The standard InChI is InChI=1S/C20H24N4O/c1-13-8-14(12-24-20(25)18-6-3-7-23-18)10-17(9-13)15-4-2-5-16(11-15)19(21)22/h2,4-5,8-11,18,23H,3,6-7,12H2,1H3,(H3,21,22)(H,24,25). The predicted octanol–water partition coefficient (Wildman–Crippen LogP) is 2.31. The van der Waals surface area contributed by atoms with E-state index in [1.807, 2.05) is 31.2 Å². The third-order valence-corrected chi connectivity index (χ3v) is 4.49. The second-order valence-corrected chi connectivity index (χ2v) is 6.57. The number of carbonyl (C=O) groups is 1. The Bertz CT molecular complexity index is 794. The van der Waals surface area contributed by atoms with Crippen LogP contribution in [0.4, 0.5) is 0 Å². The smallest absolute Gasteiger partial charge is 0.237 e. The van der Waals surface area contributed by atoms with E-state index in [4.69, 9.17) is 11.1 Å². The lowest BCUT2D eigenvalue weighted by Gasteiger charge is -2.13. The number of nitrogen functional groups attached to an aromatic ring is 1. The van der Waals surface area contributed by atoms with E-state index in [9.17, 15) is 4.79 Å². The summed E-state index contributed by atoms with van der Waals surface area (Å²) in [5.74, 6) is 0.130. The van der Waals surface area contributed by atoms with Gasteiger partial charge in [-0.2, -0.15) is 0 Å². The van der Waals surface area contributed by atoms with Crippen molar-refractivity contribution in [1.29, 1.82) is 5.41 Å². The van der Waals surface area contributed by atoms with Gasteiger partial charge in [-0.25, -0.2) is 0 Å². The monoisotopic (exact) mass is 336 g/mol. The first kappa shape index (κ1) is 17.2. The lowest BCUT2D eigenvalue weighted by atomic mass is 9.98. The summed E-state index contributed by atoms with van der Waals surface area (Å²) in [4.78, 5) is 12.2. The Kier molecular flexibility index (Phi) is 5.14. The van der Waals surface area contributed by atoms with Crippen LogP contribution in [0, 0.1) is 12.3 Å². The van der Waals surface area contributed by atoms with E-state index in [1.54, 1.807) is 0 Å². The Morgan fingerprint density at radius 2 is 2.12 bits per heavy atom. The van der Waals surface area contributed by atoms with Gasteiger partial charge in [-0.15, -0.1) is 0 Å². The highest BCUT2D eigenvalue weighted by Crippen LogP contribution is 2.23. The molecular formula is C20H24N4O. The van der Waals surface area contributed by atoms with Gasteiger partial charge in [0.25, 0.3) is 0 Å². The zero-order valence-corrected chi connectivity index (χ0v) is 14.4. The van der Waals surface area contributed by atoms with Gasteiger partial charge < -0.3 is 16.4 Å².